The van der Waals surface area contributed by atoms with Crippen molar-refractivity contribution in [3.05, 3.63) is 29.3 Å². The van der Waals surface area contributed by atoms with Crippen LogP contribution in [0.15, 0.2) is 18.2 Å². The highest BCUT2D eigenvalue weighted by atomic mass is 16.1. The van der Waals surface area contributed by atoms with E-state index in [1.54, 1.807) is 0 Å². The van der Waals surface area contributed by atoms with Crippen molar-refractivity contribution in [2.75, 3.05) is 25.5 Å². The second-order valence-corrected chi connectivity index (χ2v) is 3.69. The Bertz CT molecular complexity index is 359. The highest BCUT2D eigenvalue weighted by Crippen LogP contribution is 2.23. The molecule has 0 radical (unpaired) electrons. The molecule has 0 aliphatic carbocycles. The number of carbonyl (C=O) groups excluding carboxylic acids is 1. The molecular formula is C12H18N2O. The van der Waals surface area contributed by atoms with E-state index < -0.39 is 0 Å². The second kappa shape index (κ2) is 4.94. The van der Waals surface area contributed by atoms with Gasteiger partial charge in [0.2, 0.25) is 0 Å². The summed E-state index contributed by atoms with van der Waals surface area (Å²) in [7, 11) is 3.87. The van der Waals surface area contributed by atoms with Gasteiger partial charge >= 0.3 is 0 Å². The molecule has 0 aliphatic rings. The maximum Gasteiger partial charge on any atom is 0.178 e. The number of anilines is 1. The molecule has 2 N–H and O–H groups in total. The minimum Gasteiger partial charge on any atom is -0.377 e. The van der Waals surface area contributed by atoms with Crippen LogP contribution in [0.25, 0.3) is 0 Å². The van der Waals surface area contributed by atoms with Gasteiger partial charge in [0, 0.05) is 25.3 Å². The number of nitrogens with zero attached hydrogens (tertiary/aromatic N) is 1. The van der Waals surface area contributed by atoms with E-state index in [0.29, 0.717) is 0 Å². The van der Waals surface area contributed by atoms with E-state index in [4.69, 9.17) is 5.73 Å². The van der Waals surface area contributed by atoms with Crippen LogP contribution >= 0.6 is 0 Å². The average molecular weight is 206 g/mol. The van der Waals surface area contributed by atoms with Gasteiger partial charge in [-0.1, -0.05) is 19.1 Å². The molecule has 0 atom stereocenters. The van der Waals surface area contributed by atoms with Gasteiger partial charge in [-0.05, 0) is 18.1 Å². The van der Waals surface area contributed by atoms with Crippen LogP contribution in [-0.2, 0) is 6.42 Å². The number of rotatable bonds is 4. The van der Waals surface area contributed by atoms with Crippen molar-refractivity contribution in [3.63, 3.8) is 0 Å². The third kappa shape index (κ3) is 2.36. The van der Waals surface area contributed by atoms with Crippen molar-refractivity contribution in [2.24, 2.45) is 5.73 Å². The van der Waals surface area contributed by atoms with Crippen LogP contribution in [0.3, 0.4) is 0 Å². The Labute approximate surface area is 90.9 Å². The Morgan fingerprint density at radius 3 is 2.53 bits per heavy atom. The summed E-state index contributed by atoms with van der Waals surface area (Å²) in [5, 5.41) is 0. The number of ketones is 1. The van der Waals surface area contributed by atoms with Crippen LogP contribution in [0, 0.1) is 0 Å². The van der Waals surface area contributed by atoms with Crippen LogP contribution in [0.5, 0.6) is 0 Å². The summed E-state index contributed by atoms with van der Waals surface area (Å²) in [5.74, 6) is 0.0103. The van der Waals surface area contributed by atoms with Gasteiger partial charge < -0.3 is 10.6 Å². The first kappa shape index (κ1) is 11.7. The van der Waals surface area contributed by atoms with Crippen LogP contribution in [0.4, 0.5) is 5.69 Å². The van der Waals surface area contributed by atoms with E-state index in [0.717, 1.165) is 23.2 Å². The first-order chi connectivity index (χ1) is 7.11. The lowest BCUT2D eigenvalue weighted by atomic mass is 9.99. The van der Waals surface area contributed by atoms with Crippen molar-refractivity contribution in [2.45, 2.75) is 13.3 Å². The summed E-state index contributed by atoms with van der Waals surface area (Å²) in [6.45, 7) is 2.11. The van der Waals surface area contributed by atoms with E-state index in [1.807, 2.05) is 44.1 Å². The van der Waals surface area contributed by atoms with Gasteiger partial charge in [0.05, 0.1) is 6.54 Å². The summed E-state index contributed by atoms with van der Waals surface area (Å²) in [4.78, 5) is 13.7. The monoisotopic (exact) mass is 206 g/mol. The molecule has 82 valence electrons. The number of benzene rings is 1. The number of nitrogens with two attached hydrogens (primary N) is 1. The van der Waals surface area contributed by atoms with Crippen molar-refractivity contribution < 1.29 is 4.79 Å². The minimum atomic E-state index is 0.0103. The third-order valence-electron chi connectivity index (χ3n) is 2.46. The Hall–Kier alpha value is -1.35. The fraction of sp³-hybridized carbons (Fsp3) is 0.417. The van der Waals surface area contributed by atoms with E-state index in [1.165, 1.54) is 0 Å². The average Bonchev–Trinajstić information content (AvgIpc) is 2.26. The Morgan fingerprint density at radius 1 is 1.40 bits per heavy atom. The van der Waals surface area contributed by atoms with Crippen molar-refractivity contribution in [3.8, 4) is 0 Å². The standard InChI is InChI=1S/C12H18N2O/c1-4-9-6-5-7-10(14(2)3)12(9)11(15)8-13/h5-7H,4,8,13H2,1-3H3. The van der Waals surface area contributed by atoms with Crippen LogP contribution < -0.4 is 10.6 Å². The molecule has 0 saturated heterocycles. The molecule has 0 aliphatic heterocycles. The van der Waals surface area contributed by atoms with Gasteiger partial charge in [0.25, 0.3) is 0 Å². The molecule has 1 aromatic rings. The van der Waals surface area contributed by atoms with Crippen molar-refractivity contribution >= 4 is 11.5 Å². The summed E-state index contributed by atoms with van der Waals surface area (Å²) >= 11 is 0. The summed E-state index contributed by atoms with van der Waals surface area (Å²) in [6, 6.07) is 5.90. The molecule has 0 amide bonds. The van der Waals surface area contributed by atoms with Gasteiger partial charge in [-0.25, -0.2) is 0 Å². The number of hydrogen-bond acceptors (Lipinski definition) is 3. The third-order valence-corrected chi connectivity index (χ3v) is 2.46. The second-order valence-electron chi connectivity index (χ2n) is 3.69. The van der Waals surface area contributed by atoms with Crippen molar-refractivity contribution in [1.82, 2.24) is 0 Å². The van der Waals surface area contributed by atoms with Gasteiger partial charge in [-0.2, -0.15) is 0 Å². The summed E-state index contributed by atoms with van der Waals surface area (Å²) < 4.78 is 0. The molecule has 15 heavy (non-hydrogen) atoms. The van der Waals surface area contributed by atoms with Crippen LogP contribution in [0.1, 0.15) is 22.8 Å². The Morgan fingerprint density at radius 2 is 2.07 bits per heavy atom. The lowest BCUT2D eigenvalue weighted by molar-refractivity contribution is 0.100. The maximum absolute atomic E-state index is 11.8. The summed E-state index contributed by atoms with van der Waals surface area (Å²) in [5.41, 5.74) is 8.21. The lowest BCUT2D eigenvalue weighted by Crippen LogP contribution is -2.20. The smallest absolute Gasteiger partial charge is 0.178 e. The zero-order chi connectivity index (χ0) is 11.4. The molecule has 0 saturated carbocycles. The molecule has 0 bridgehead atoms. The molecule has 0 spiro atoms. The number of Topliss-reactive ketones (excluding diaryl/α,β-unsaturated/α-hetero) is 1. The number of hydrogen-bond donors (Lipinski definition) is 1. The molecule has 0 unspecified atom stereocenters. The SMILES string of the molecule is CCc1cccc(N(C)C)c1C(=O)CN. The molecule has 1 aromatic carbocycles. The summed E-state index contributed by atoms with van der Waals surface area (Å²) in [6.07, 6.45) is 0.850. The normalized spacial score (nSPS) is 10.1. The zero-order valence-electron chi connectivity index (χ0n) is 9.58. The molecule has 1 rings (SSSR count). The zero-order valence-corrected chi connectivity index (χ0v) is 9.58. The van der Waals surface area contributed by atoms with E-state index in [-0.39, 0.29) is 12.3 Å². The van der Waals surface area contributed by atoms with Gasteiger partial charge in [0.1, 0.15) is 0 Å². The minimum absolute atomic E-state index is 0.0103. The molecule has 3 heteroatoms. The van der Waals surface area contributed by atoms with Gasteiger partial charge in [-0.15, -0.1) is 0 Å². The van der Waals surface area contributed by atoms with Gasteiger partial charge in [-0.3, -0.25) is 4.79 Å². The predicted octanol–water partition coefficient (Wildman–Crippen LogP) is 1.46. The first-order valence-electron chi connectivity index (χ1n) is 5.14. The largest absolute Gasteiger partial charge is 0.377 e. The quantitative estimate of drug-likeness (QED) is 0.759. The molecule has 3 nitrogen and oxygen atoms in total. The molecule has 0 heterocycles. The topological polar surface area (TPSA) is 46.3 Å². The highest BCUT2D eigenvalue weighted by molar-refractivity contribution is 6.03. The Balaban J connectivity index is 3.33. The Kier molecular flexibility index (Phi) is 3.86. The molecular weight excluding hydrogens is 188 g/mol. The van der Waals surface area contributed by atoms with Crippen molar-refractivity contribution in [1.29, 1.82) is 0 Å². The van der Waals surface area contributed by atoms with E-state index in [9.17, 15) is 4.79 Å². The first-order valence-corrected chi connectivity index (χ1v) is 5.14. The van der Waals surface area contributed by atoms with E-state index >= 15 is 0 Å². The molecule has 0 aromatic heterocycles. The lowest BCUT2D eigenvalue weighted by Gasteiger charge is -2.18. The predicted molar refractivity (Wildman–Crippen MR) is 63.5 cm³/mol. The molecule has 0 fully saturated rings. The van der Waals surface area contributed by atoms with Gasteiger partial charge in [0.15, 0.2) is 5.78 Å². The van der Waals surface area contributed by atoms with Crippen LogP contribution in [-0.4, -0.2) is 26.4 Å². The highest BCUT2D eigenvalue weighted by Gasteiger charge is 2.14. The van der Waals surface area contributed by atoms with Crippen LogP contribution in [0.2, 0.25) is 0 Å². The van der Waals surface area contributed by atoms with E-state index in [2.05, 4.69) is 0 Å². The fourth-order valence-electron chi connectivity index (χ4n) is 1.68. The number of carbonyl (C=O) groups is 1. The maximum atomic E-state index is 11.8. The number of aryl methyl sites for hydroxylation is 1. The fourth-order valence-corrected chi connectivity index (χ4v) is 1.68.